The van der Waals surface area contributed by atoms with Crippen LogP contribution in [0.4, 0.5) is 10.1 Å². The van der Waals surface area contributed by atoms with Gasteiger partial charge in [0.25, 0.3) is 0 Å². The second-order valence-corrected chi connectivity index (χ2v) is 5.18. The molecule has 0 atom stereocenters. The van der Waals surface area contributed by atoms with Gasteiger partial charge in [0.05, 0.1) is 11.3 Å². The average Bonchev–Trinajstić information content (AvgIpc) is 2.46. The van der Waals surface area contributed by atoms with E-state index in [2.05, 4.69) is 0 Å². The van der Waals surface area contributed by atoms with Gasteiger partial charge in [0.2, 0.25) is 0 Å². The van der Waals surface area contributed by atoms with Gasteiger partial charge >= 0.3 is 5.97 Å². The summed E-state index contributed by atoms with van der Waals surface area (Å²) in [4.78, 5) is 12.8. The van der Waals surface area contributed by atoms with Gasteiger partial charge in [0.15, 0.2) is 0 Å². The van der Waals surface area contributed by atoms with Gasteiger partial charge in [-0.05, 0) is 37.6 Å². The summed E-state index contributed by atoms with van der Waals surface area (Å²) in [5.41, 5.74) is 1.45. The average molecular weight is 287 g/mol. The molecule has 0 bridgehead atoms. The van der Waals surface area contributed by atoms with Gasteiger partial charge in [-0.1, -0.05) is 30.3 Å². The van der Waals surface area contributed by atoms with Crippen molar-refractivity contribution in [1.82, 2.24) is 0 Å². The number of anilines is 1. The lowest BCUT2D eigenvalue weighted by molar-refractivity contribution is 0.0696. The van der Waals surface area contributed by atoms with Crippen molar-refractivity contribution in [1.29, 1.82) is 0 Å². The Morgan fingerprint density at radius 1 is 1.19 bits per heavy atom. The van der Waals surface area contributed by atoms with E-state index in [1.165, 1.54) is 12.1 Å². The second kappa shape index (κ2) is 6.39. The summed E-state index contributed by atoms with van der Waals surface area (Å²) in [7, 11) is 0. The zero-order valence-electron chi connectivity index (χ0n) is 12.1. The normalized spacial score (nSPS) is 10.7. The van der Waals surface area contributed by atoms with Crippen molar-refractivity contribution in [2.24, 2.45) is 0 Å². The highest BCUT2D eigenvalue weighted by atomic mass is 19.1. The highest BCUT2D eigenvalue weighted by Gasteiger charge is 2.17. The van der Waals surface area contributed by atoms with Crippen molar-refractivity contribution >= 4 is 11.7 Å². The maximum absolute atomic E-state index is 14.2. The number of carboxylic acids is 1. The number of aromatic carboxylic acids is 1. The summed E-state index contributed by atoms with van der Waals surface area (Å²) in [6.45, 7) is 4.53. The van der Waals surface area contributed by atoms with Gasteiger partial charge < -0.3 is 10.0 Å². The lowest BCUT2D eigenvalue weighted by Gasteiger charge is -2.29. The molecule has 2 aromatic carbocycles. The molecule has 21 heavy (non-hydrogen) atoms. The molecule has 0 aliphatic heterocycles. The van der Waals surface area contributed by atoms with Gasteiger partial charge in [0.1, 0.15) is 5.82 Å². The van der Waals surface area contributed by atoms with Crippen LogP contribution in [0.25, 0.3) is 0 Å². The molecular formula is C17H18FNO2. The fourth-order valence-electron chi connectivity index (χ4n) is 2.20. The molecule has 0 saturated carbocycles. The van der Waals surface area contributed by atoms with E-state index in [0.29, 0.717) is 12.2 Å². The molecule has 2 rings (SSSR count). The lowest BCUT2D eigenvalue weighted by atomic mass is 10.1. The Labute approximate surface area is 123 Å². The maximum Gasteiger partial charge on any atom is 0.335 e. The Bertz CT molecular complexity index is 626. The summed E-state index contributed by atoms with van der Waals surface area (Å²) < 4.78 is 14.2. The van der Waals surface area contributed by atoms with Crippen LogP contribution in [-0.4, -0.2) is 17.1 Å². The Balaban J connectivity index is 2.32. The monoisotopic (exact) mass is 287 g/mol. The topological polar surface area (TPSA) is 40.5 Å². The number of carboxylic acid groups (broad SMARTS) is 1. The molecule has 0 spiro atoms. The molecule has 0 unspecified atom stereocenters. The highest BCUT2D eigenvalue weighted by Crippen LogP contribution is 2.24. The lowest BCUT2D eigenvalue weighted by Crippen LogP contribution is -2.31. The first-order chi connectivity index (χ1) is 9.99. The predicted octanol–water partition coefficient (Wildman–Crippen LogP) is 3.94. The van der Waals surface area contributed by atoms with Crippen LogP contribution in [0.3, 0.4) is 0 Å². The number of nitrogens with zero attached hydrogens (tertiary/aromatic N) is 1. The van der Waals surface area contributed by atoms with Crippen LogP contribution in [0.2, 0.25) is 0 Å². The molecule has 4 heteroatoms. The van der Waals surface area contributed by atoms with Crippen molar-refractivity contribution in [3.05, 3.63) is 65.5 Å². The van der Waals surface area contributed by atoms with E-state index >= 15 is 0 Å². The number of carbonyl (C=O) groups is 1. The van der Waals surface area contributed by atoms with Gasteiger partial charge in [0, 0.05) is 12.6 Å². The zero-order chi connectivity index (χ0) is 15.4. The minimum atomic E-state index is -1.13. The third-order valence-electron chi connectivity index (χ3n) is 3.32. The van der Waals surface area contributed by atoms with E-state index in [1.807, 2.05) is 49.1 Å². The quantitative estimate of drug-likeness (QED) is 0.905. The first-order valence-corrected chi connectivity index (χ1v) is 6.82. The van der Waals surface area contributed by atoms with E-state index in [1.54, 1.807) is 0 Å². The fraction of sp³-hybridized carbons (Fsp3) is 0.235. The zero-order valence-corrected chi connectivity index (χ0v) is 12.1. The standard InChI is InChI=1S/C17H18FNO2/c1-12(2)19(11-13-6-4-3-5-7-13)16-9-8-14(17(20)21)10-15(16)18/h3-10,12H,11H2,1-2H3,(H,20,21). The van der Waals surface area contributed by atoms with Crippen LogP contribution in [-0.2, 0) is 6.54 Å². The van der Waals surface area contributed by atoms with Gasteiger partial charge in [-0.15, -0.1) is 0 Å². The van der Waals surface area contributed by atoms with Crippen LogP contribution in [0, 0.1) is 5.82 Å². The summed E-state index contributed by atoms with van der Waals surface area (Å²) in [6, 6.07) is 13.9. The Kier molecular flexibility index (Phi) is 4.58. The number of hydrogen-bond donors (Lipinski definition) is 1. The molecule has 0 aliphatic carbocycles. The molecule has 0 saturated heterocycles. The highest BCUT2D eigenvalue weighted by molar-refractivity contribution is 5.88. The number of benzene rings is 2. The van der Waals surface area contributed by atoms with E-state index in [9.17, 15) is 9.18 Å². The molecule has 0 heterocycles. The Morgan fingerprint density at radius 3 is 2.38 bits per heavy atom. The van der Waals surface area contributed by atoms with E-state index in [-0.39, 0.29) is 11.6 Å². The molecule has 0 radical (unpaired) electrons. The third-order valence-corrected chi connectivity index (χ3v) is 3.32. The largest absolute Gasteiger partial charge is 0.478 e. The van der Waals surface area contributed by atoms with Crippen molar-refractivity contribution in [2.45, 2.75) is 26.4 Å². The molecule has 2 aromatic rings. The smallest absolute Gasteiger partial charge is 0.335 e. The van der Waals surface area contributed by atoms with Crippen LogP contribution in [0.15, 0.2) is 48.5 Å². The SMILES string of the molecule is CC(C)N(Cc1ccccc1)c1ccc(C(=O)O)cc1F. The number of rotatable bonds is 5. The van der Waals surface area contributed by atoms with Gasteiger partial charge in [-0.3, -0.25) is 0 Å². The van der Waals surface area contributed by atoms with E-state index in [4.69, 9.17) is 5.11 Å². The Morgan fingerprint density at radius 2 is 1.86 bits per heavy atom. The van der Waals surface area contributed by atoms with E-state index in [0.717, 1.165) is 11.6 Å². The molecule has 0 fully saturated rings. The maximum atomic E-state index is 14.2. The van der Waals surface area contributed by atoms with Crippen LogP contribution < -0.4 is 4.90 Å². The van der Waals surface area contributed by atoms with E-state index < -0.39 is 11.8 Å². The predicted molar refractivity (Wildman–Crippen MR) is 81.1 cm³/mol. The summed E-state index contributed by atoms with van der Waals surface area (Å²) in [6.07, 6.45) is 0. The molecule has 0 amide bonds. The van der Waals surface area contributed by atoms with Crippen molar-refractivity contribution < 1.29 is 14.3 Å². The molecule has 1 N–H and O–H groups in total. The molecule has 0 aliphatic rings. The fourth-order valence-corrected chi connectivity index (χ4v) is 2.20. The van der Waals surface area contributed by atoms with Gasteiger partial charge in [-0.2, -0.15) is 0 Å². The van der Waals surface area contributed by atoms with Crippen LogP contribution in [0.5, 0.6) is 0 Å². The number of hydrogen-bond acceptors (Lipinski definition) is 2. The van der Waals surface area contributed by atoms with Crippen molar-refractivity contribution in [3.63, 3.8) is 0 Å². The third kappa shape index (κ3) is 3.60. The molecule has 0 aromatic heterocycles. The number of halogens is 1. The minimum absolute atomic E-state index is 0.0420. The van der Waals surface area contributed by atoms with Crippen molar-refractivity contribution in [3.8, 4) is 0 Å². The first kappa shape index (κ1) is 15.0. The molecular weight excluding hydrogens is 269 g/mol. The van der Waals surface area contributed by atoms with Crippen LogP contribution >= 0.6 is 0 Å². The molecule has 3 nitrogen and oxygen atoms in total. The summed E-state index contributed by atoms with van der Waals surface area (Å²) in [5, 5.41) is 8.90. The Hall–Kier alpha value is -2.36. The summed E-state index contributed by atoms with van der Waals surface area (Å²) >= 11 is 0. The molecule has 110 valence electrons. The van der Waals surface area contributed by atoms with Crippen molar-refractivity contribution in [2.75, 3.05) is 4.90 Å². The van der Waals surface area contributed by atoms with Gasteiger partial charge in [-0.25, -0.2) is 9.18 Å². The van der Waals surface area contributed by atoms with Crippen LogP contribution in [0.1, 0.15) is 29.8 Å². The summed E-state index contributed by atoms with van der Waals surface area (Å²) in [5.74, 6) is -1.64. The second-order valence-electron chi connectivity index (χ2n) is 5.18. The minimum Gasteiger partial charge on any atom is -0.478 e. The first-order valence-electron chi connectivity index (χ1n) is 6.82.